The number of phenols is 1. The minimum atomic E-state index is -4.15. The number of hydrogen-bond acceptors (Lipinski definition) is 4. The average Bonchev–Trinajstić information content (AvgIpc) is 2.49. The lowest BCUT2D eigenvalue weighted by atomic mass is 10.0. The van der Waals surface area contributed by atoms with Crippen molar-refractivity contribution < 1.29 is 23.0 Å². The fraction of sp³-hybridized carbons (Fsp3) is 0.200. The Morgan fingerprint density at radius 3 is 2.48 bits per heavy atom. The van der Waals surface area contributed by atoms with Crippen molar-refractivity contribution in [3.63, 3.8) is 0 Å². The summed E-state index contributed by atoms with van der Waals surface area (Å²) < 4.78 is 40.5. The van der Waals surface area contributed by atoms with Gasteiger partial charge in [0.15, 0.2) is 5.75 Å². The maximum atomic E-state index is 13.7. The second kappa shape index (κ2) is 6.84. The van der Waals surface area contributed by atoms with Crippen molar-refractivity contribution >= 4 is 21.6 Å². The Morgan fingerprint density at radius 1 is 1.17 bits per heavy atom. The summed E-state index contributed by atoms with van der Waals surface area (Å²) in [5, 5.41) is 19.8. The van der Waals surface area contributed by atoms with Crippen LogP contribution in [0, 0.1) is 5.82 Å². The number of benzene rings is 2. The Morgan fingerprint density at radius 2 is 1.83 bits per heavy atom. The molecule has 3 N–H and O–H groups in total. The van der Waals surface area contributed by atoms with Gasteiger partial charge in [0.25, 0.3) is 0 Å². The highest BCUT2D eigenvalue weighted by Crippen LogP contribution is 2.31. The number of nitrogens with one attached hydrogen (secondary N) is 1. The number of halogens is 2. The largest absolute Gasteiger partial charge is 0.505 e. The molecule has 0 aliphatic carbocycles. The SMILES string of the molecule is CC(NS(=O)(=O)c1cccc(Cl)c1O)C(O)c1ccccc1F. The fourth-order valence-corrected chi connectivity index (χ4v) is 3.67. The molecule has 0 aromatic heterocycles. The van der Waals surface area contributed by atoms with Crippen molar-refractivity contribution in [2.24, 2.45) is 0 Å². The lowest BCUT2D eigenvalue weighted by Crippen LogP contribution is -2.37. The summed E-state index contributed by atoms with van der Waals surface area (Å²) >= 11 is 5.69. The predicted molar refractivity (Wildman–Crippen MR) is 84.3 cm³/mol. The Labute approximate surface area is 138 Å². The van der Waals surface area contributed by atoms with E-state index in [1.54, 1.807) is 0 Å². The van der Waals surface area contributed by atoms with E-state index >= 15 is 0 Å². The molecule has 124 valence electrons. The third-order valence-corrected chi connectivity index (χ3v) is 5.17. The van der Waals surface area contributed by atoms with E-state index in [-0.39, 0.29) is 10.6 Å². The average molecular weight is 360 g/mol. The maximum absolute atomic E-state index is 13.7. The molecular formula is C15H15ClFNO4S. The molecule has 2 aromatic rings. The normalized spacial score (nSPS) is 14.4. The van der Waals surface area contributed by atoms with Crippen molar-refractivity contribution in [3.05, 3.63) is 58.9 Å². The number of rotatable bonds is 5. The highest BCUT2D eigenvalue weighted by Gasteiger charge is 2.27. The number of sulfonamides is 1. The van der Waals surface area contributed by atoms with E-state index in [1.807, 2.05) is 0 Å². The van der Waals surface area contributed by atoms with Crippen LogP contribution in [0.1, 0.15) is 18.6 Å². The molecule has 2 aromatic carbocycles. The van der Waals surface area contributed by atoms with Gasteiger partial charge in [-0.15, -0.1) is 0 Å². The molecule has 0 saturated heterocycles. The zero-order valence-electron chi connectivity index (χ0n) is 12.1. The first kappa shape index (κ1) is 17.7. The summed E-state index contributed by atoms with van der Waals surface area (Å²) in [6.07, 6.45) is -1.40. The van der Waals surface area contributed by atoms with Crippen LogP contribution in [-0.2, 0) is 10.0 Å². The van der Waals surface area contributed by atoms with Gasteiger partial charge in [-0.25, -0.2) is 17.5 Å². The van der Waals surface area contributed by atoms with Gasteiger partial charge in [0.05, 0.1) is 11.1 Å². The zero-order valence-corrected chi connectivity index (χ0v) is 13.6. The topological polar surface area (TPSA) is 86.6 Å². The molecule has 0 saturated carbocycles. The number of phenolic OH excluding ortho intramolecular Hbond substituents is 1. The van der Waals surface area contributed by atoms with Gasteiger partial charge in [-0.2, -0.15) is 0 Å². The number of aliphatic hydroxyl groups is 1. The Hall–Kier alpha value is -1.67. The van der Waals surface area contributed by atoms with Gasteiger partial charge in [-0.3, -0.25) is 0 Å². The highest BCUT2D eigenvalue weighted by molar-refractivity contribution is 7.89. The highest BCUT2D eigenvalue weighted by atomic mass is 35.5. The van der Waals surface area contributed by atoms with E-state index in [2.05, 4.69) is 4.72 Å². The summed E-state index contributed by atoms with van der Waals surface area (Å²) in [5.41, 5.74) is -0.0296. The fourth-order valence-electron chi connectivity index (χ4n) is 2.07. The number of hydrogen-bond donors (Lipinski definition) is 3. The van der Waals surface area contributed by atoms with Crippen LogP contribution < -0.4 is 4.72 Å². The Balaban J connectivity index is 2.27. The van der Waals surface area contributed by atoms with Crippen LogP contribution in [-0.4, -0.2) is 24.7 Å². The van der Waals surface area contributed by atoms with E-state index < -0.39 is 38.6 Å². The van der Waals surface area contributed by atoms with Gasteiger partial charge in [-0.1, -0.05) is 35.9 Å². The molecule has 2 atom stereocenters. The van der Waals surface area contributed by atoms with Crippen LogP contribution in [0.2, 0.25) is 5.02 Å². The summed E-state index contributed by atoms with van der Waals surface area (Å²) in [5.74, 6) is -1.23. The van der Waals surface area contributed by atoms with Crippen molar-refractivity contribution in [1.82, 2.24) is 4.72 Å². The molecule has 0 radical (unpaired) electrons. The maximum Gasteiger partial charge on any atom is 0.244 e. The molecule has 0 aliphatic heterocycles. The van der Waals surface area contributed by atoms with Crippen molar-refractivity contribution in [3.8, 4) is 5.75 Å². The number of aromatic hydroxyl groups is 1. The van der Waals surface area contributed by atoms with Crippen LogP contribution in [0.25, 0.3) is 0 Å². The first-order chi connectivity index (χ1) is 10.7. The van der Waals surface area contributed by atoms with Crippen LogP contribution in [0.4, 0.5) is 4.39 Å². The van der Waals surface area contributed by atoms with E-state index in [4.69, 9.17) is 11.6 Å². The standard InChI is InChI=1S/C15H15ClFNO4S/c1-9(14(19)10-5-2-3-7-12(10)17)18-23(21,22)13-8-4-6-11(16)15(13)20/h2-9,14,18-20H,1H3. The molecule has 23 heavy (non-hydrogen) atoms. The zero-order chi connectivity index (χ0) is 17.2. The quantitative estimate of drug-likeness (QED) is 0.765. The second-order valence-corrected chi connectivity index (χ2v) is 7.05. The molecule has 0 spiro atoms. The predicted octanol–water partition coefficient (Wildman–Crippen LogP) is 2.59. The van der Waals surface area contributed by atoms with Crippen LogP contribution in [0.3, 0.4) is 0 Å². The van der Waals surface area contributed by atoms with Gasteiger partial charge < -0.3 is 10.2 Å². The summed E-state index contributed by atoms with van der Waals surface area (Å²) in [4.78, 5) is -0.419. The van der Waals surface area contributed by atoms with Gasteiger partial charge >= 0.3 is 0 Å². The molecule has 0 amide bonds. The first-order valence-corrected chi connectivity index (χ1v) is 8.52. The van der Waals surface area contributed by atoms with Crippen molar-refractivity contribution in [2.75, 3.05) is 0 Å². The summed E-state index contributed by atoms with van der Waals surface area (Å²) in [6, 6.07) is 8.38. The third kappa shape index (κ3) is 3.81. The van der Waals surface area contributed by atoms with Crippen LogP contribution >= 0.6 is 11.6 Å². The monoisotopic (exact) mass is 359 g/mol. The smallest absolute Gasteiger partial charge is 0.244 e. The molecule has 2 rings (SSSR count). The van der Waals surface area contributed by atoms with E-state index in [0.29, 0.717) is 0 Å². The minimum absolute atomic E-state index is 0.0296. The van der Waals surface area contributed by atoms with E-state index in [9.17, 15) is 23.0 Å². The molecule has 0 heterocycles. The Bertz CT molecular complexity index is 813. The van der Waals surface area contributed by atoms with E-state index in [1.165, 1.54) is 49.4 Å². The second-order valence-electron chi connectivity index (χ2n) is 4.96. The van der Waals surface area contributed by atoms with Gasteiger partial charge in [-0.05, 0) is 25.1 Å². The molecular weight excluding hydrogens is 345 g/mol. The molecule has 0 aliphatic rings. The minimum Gasteiger partial charge on any atom is -0.505 e. The number of aliphatic hydroxyl groups excluding tert-OH is 1. The lowest BCUT2D eigenvalue weighted by molar-refractivity contribution is 0.142. The molecule has 0 fully saturated rings. The first-order valence-electron chi connectivity index (χ1n) is 6.66. The third-order valence-electron chi connectivity index (χ3n) is 3.28. The van der Waals surface area contributed by atoms with E-state index in [0.717, 1.165) is 0 Å². The van der Waals surface area contributed by atoms with Crippen LogP contribution in [0.15, 0.2) is 47.4 Å². The molecule has 5 nitrogen and oxygen atoms in total. The van der Waals surface area contributed by atoms with Gasteiger partial charge in [0.1, 0.15) is 10.7 Å². The summed E-state index contributed by atoms with van der Waals surface area (Å²) in [7, 11) is -4.15. The number of para-hydroxylation sites is 1. The Kier molecular flexibility index (Phi) is 5.26. The molecule has 0 bridgehead atoms. The summed E-state index contributed by atoms with van der Waals surface area (Å²) in [6.45, 7) is 1.39. The van der Waals surface area contributed by atoms with Crippen molar-refractivity contribution in [2.45, 2.75) is 24.0 Å². The van der Waals surface area contributed by atoms with Crippen molar-refractivity contribution in [1.29, 1.82) is 0 Å². The van der Waals surface area contributed by atoms with Crippen LogP contribution in [0.5, 0.6) is 5.75 Å². The molecule has 8 heteroatoms. The molecule has 2 unspecified atom stereocenters. The van der Waals surface area contributed by atoms with Gasteiger partial charge in [0.2, 0.25) is 10.0 Å². The van der Waals surface area contributed by atoms with Gasteiger partial charge in [0, 0.05) is 11.6 Å². The lowest BCUT2D eigenvalue weighted by Gasteiger charge is -2.21.